The fraction of sp³-hybridized carbons (Fsp3) is 1.00. The summed E-state index contributed by atoms with van der Waals surface area (Å²) in [6, 6.07) is 0. The topological polar surface area (TPSA) is 30.9 Å². The second-order valence-corrected chi connectivity index (χ2v) is 12.8. The van der Waals surface area contributed by atoms with Crippen molar-refractivity contribution in [3.8, 4) is 0 Å². The van der Waals surface area contributed by atoms with Crippen LogP contribution in [0.3, 0.4) is 0 Å². The van der Waals surface area contributed by atoms with Crippen LogP contribution in [0.2, 0.25) is 5.54 Å². The first-order valence-electron chi connectivity index (χ1n) is 14.0. The molecular weight excluding hydrogens is 450 g/mol. The smallest absolute Gasteiger partial charge is 0.377 e. The van der Waals surface area contributed by atoms with Gasteiger partial charge in [0.1, 0.15) is 0 Å². The van der Waals surface area contributed by atoms with Gasteiger partial charge in [-0.2, -0.15) is 0 Å². The van der Waals surface area contributed by atoms with Gasteiger partial charge in [0.05, 0.1) is 0 Å². The zero-order valence-corrected chi connectivity index (χ0v) is 25.1. The van der Waals surface area contributed by atoms with Gasteiger partial charge in [0.2, 0.25) is 0 Å². The van der Waals surface area contributed by atoms with E-state index in [4.69, 9.17) is 13.3 Å². The van der Waals surface area contributed by atoms with E-state index in [1.807, 2.05) is 0 Å². The van der Waals surface area contributed by atoms with Crippen LogP contribution in [-0.2, 0) is 13.3 Å². The zero-order chi connectivity index (χ0) is 23.9. The molecule has 0 spiro atoms. The van der Waals surface area contributed by atoms with Crippen molar-refractivity contribution in [1.29, 1.82) is 0 Å². The quantitative estimate of drug-likeness (QED) is 0.0909. The molecule has 0 aromatic carbocycles. The molecule has 0 rings (SSSR count). The molecule has 1 atom stereocenters. The van der Waals surface area contributed by atoms with Crippen LogP contribution < -0.4 is 0 Å². The van der Waals surface area contributed by atoms with Crippen molar-refractivity contribution in [3.05, 3.63) is 0 Å². The molecule has 0 bridgehead atoms. The largest absolute Gasteiger partial charge is 0.504 e. The molecule has 1 unspecified atom stereocenters. The van der Waals surface area contributed by atoms with Crippen LogP contribution in [0.25, 0.3) is 0 Å². The van der Waals surface area contributed by atoms with E-state index >= 15 is 0 Å². The Morgan fingerprint density at radius 1 is 0.545 bits per heavy atom. The molecule has 0 aromatic heterocycles. The highest BCUT2D eigenvalue weighted by molar-refractivity contribution is 6.62. The Bertz CT molecular complexity index is 358. The summed E-state index contributed by atoms with van der Waals surface area (Å²) in [6.45, 7) is 10.3. The van der Waals surface area contributed by atoms with E-state index < -0.39 is 8.80 Å². The standard InChI is InChI=1S/C27H59NO3Si.ClH/c1-7-10-12-14-16-18-20-22-24-28(25-23-21-19-17-15-13-11-8-2)26-27(9-3)32(29-4,30-5)31-6;/h27H,7-26H2,1-6H3;1H. The van der Waals surface area contributed by atoms with Gasteiger partial charge in [-0.05, 0) is 32.4 Å². The fourth-order valence-electron chi connectivity index (χ4n) is 4.79. The molecule has 202 valence electrons. The Kier molecular flexibility index (Phi) is 27.4. The van der Waals surface area contributed by atoms with Crippen molar-refractivity contribution in [2.24, 2.45) is 0 Å². The lowest BCUT2D eigenvalue weighted by molar-refractivity contribution is 0.100. The Morgan fingerprint density at radius 2 is 0.879 bits per heavy atom. The number of nitrogens with zero attached hydrogens (tertiary/aromatic N) is 1. The molecular formula is C27H60ClNO3Si. The van der Waals surface area contributed by atoms with Crippen LogP contribution in [0, 0.1) is 0 Å². The van der Waals surface area contributed by atoms with E-state index in [0.717, 1.165) is 13.0 Å². The average molecular weight is 510 g/mol. The van der Waals surface area contributed by atoms with Gasteiger partial charge in [-0.1, -0.05) is 111 Å². The molecule has 0 N–H and O–H groups in total. The maximum absolute atomic E-state index is 5.84. The molecule has 0 saturated heterocycles. The third-order valence-corrected chi connectivity index (χ3v) is 10.3. The van der Waals surface area contributed by atoms with Crippen LogP contribution in [0.4, 0.5) is 0 Å². The summed E-state index contributed by atoms with van der Waals surface area (Å²) in [7, 11) is 2.66. The van der Waals surface area contributed by atoms with Crippen molar-refractivity contribution in [3.63, 3.8) is 0 Å². The van der Waals surface area contributed by atoms with Crippen molar-refractivity contribution < 1.29 is 13.3 Å². The highest BCUT2D eigenvalue weighted by Gasteiger charge is 2.46. The van der Waals surface area contributed by atoms with E-state index in [-0.39, 0.29) is 12.4 Å². The number of hydrogen-bond acceptors (Lipinski definition) is 4. The van der Waals surface area contributed by atoms with Crippen LogP contribution in [0.5, 0.6) is 0 Å². The molecule has 0 aliphatic carbocycles. The molecule has 0 fully saturated rings. The van der Waals surface area contributed by atoms with E-state index in [2.05, 4.69) is 25.7 Å². The first-order chi connectivity index (χ1) is 15.6. The minimum atomic E-state index is -2.60. The van der Waals surface area contributed by atoms with Crippen LogP contribution in [0.1, 0.15) is 130 Å². The third-order valence-electron chi connectivity index (χ3n) is 6.98. The van der Waals surface area contributed by atoms with Crippen molar-refractivity contribution >= 4 is 21.2 Å². The summed E-state index contributed by atoms with van der Waals surface area (Å²) >= 11 is 0. The van der Waals surface area contributed by atoms with E-state index in [1.165, 1.54) is 116 Å². The maximum atomic E-state index is 5.84. The lowest BCUT2D eigenvalue weighted by Gasteiger charge is -2.35. The van der Waals surface area contributed by atoms with Crippen LogP contribution in [0.15, 0.2) is 0 Å². The van der Waals surface area contributed by atoms with Gasteiger partial charge >= 0.3 is 8.80 Å². The molecule has 4 nitrogen and oxygen atoms in total. The normalized spacial score (nSPS) is 12.8. The Labute approximate surface area is 215 Å². The second-order valence-electron chi connectivity index (χ2n) is 9.57. The summed E-state index contributed by atoms with van der Waals surface area (Å²) in [5.41, 5.74) is 0.339. The first kappa shape index (κ1) is 35.5. The van der Waals surface area contributed by atoms with Gasteiger partial charge < -0.3 is 18.2 Å². The molecule has 33 heavy (non-hydrogen) atoms. The molecule has 0 saturated carbocycles. The van der Waals surface area contributed by atoms with Gasteiger partial charge in [0.15, 0.2) is 0 Å². The minimum absolute atomic E-state index is 0. The third kappa shape index (κ3) is 17.4. The van der Waals surface area contributed by atoms with E-state index in [1.54, 1.807) is 21.3 Å². The number of rotatable bonds is 25. The second kappa shape index (κ2) is 25.4. The molecule has 0 aromatic rings. The predicted molar refractivity (Wildman–Crippen MR) is 150 cm³/mol. The molecule has 0 aliphatic rings. The number of halogens is 1. The lowest BCUT2D eigenvalue weighted by atomic mass is 10.1. The van der Waals surface area contributed by atoms with Gasteiger partial charge in [-0.15, -0.1) is 12.4 Å². The Morgan fingerprint density at radius 3 is 1.18 bits per heavy atom. The predicted octanol–water partition coefficient (Wildman–Crippen LogP) is 8.65. The highest BCUT2D eigenvalue weighted by atomic mass is 35.5. The zero-order valence-electron chi connectivity index (χ0n) is 23.3. The Hall–Kier alpha value is 0.347. The SMILES string of the molecule is CCCCCCCCCCN(CCCCCCCCCC)CC(CC)[Si](OC)(OC)OC.Cl. The number of hydrogen-bond donors (Lipinski definition) is 0. The lowest BCUT2D eigenvalue weighted by Crippen LogP contribution is -2.51. The van der Waals surface area contributed by atoms with Gasteiger partial charge in [0, 0.05) is 33.4 Å². The maximum Gasteiger partial charge on any atom is 0.504 e. The van der Waals surface area contributed by atoms with Crippen molar-refractivity contribution in [2.45, 2.75) is 135 Å². The van der Waals surface area contributed by atoms with Gasteiger partial charge in [0.25, 0.3) is 0 Å². The van der Waals surface area contributed by atoms with Crippen LogP contribution >= 0.6 is 12.4 Å². The van der Waals surface area contributed by atoms with Gasteiger partial charge in [-0.25, -0.2) is 0 Å². The van der Waals surface area contributed by atoms with E-state index in [9.17, 15) is 0 Å². The summed E-state index contributed by atoms with van der Waals surface area (Å²) in [6.07, 6.45) is 23.1. The molecule has 0 amide bonds. The van der Waals surface area contributed by atoms with Gasteiger partial charge in [-0.3, -0.25) is 0 Å². The first-order valence-corrected chi connectivity index (χ1v) is 15.8. The molecule has 0 heterocycles. The monoisotopic (exact) mass is 509 g/mol. The minimum Gasteiger partial charge on any atom is -0.377 e. The average Bonchev–Trinajstić information content (AvgIpc) is 2.82. The van der Waals surface area contributed by atoms with Crippen molar-refractivity contribution in [2.75, 3.05) is 41.0 Å². The van der Waals surface area contributed by atoms with E-state index in [0.29, 0.717) is 5.54 Å². The van der Waals surface area contributed by atoms with Crippen LogP contribution in [-0.4, -0.2) is 54.7 Å². The number of unbranched alkanes of at least 4 members (excludes halogenated alkanes) is 14. The fourth-order valence-corrected chi connectivity index (χ4v) is 7.27. The molecule has 0 aliphatic heterocycles. The summed E-state index contributed by atoms with van der Waals surface area (Å²) in [5, 5.41) is 0. The Balaban J connectivity index is 0. The summed E-state index contributed by atoms with van der Waals surface area (Å²) in [4.78, 5) is 2.68. The molecule has 6 heteroatoms. The molecule has 0 radical (unpaired) electrons. The summed E-state index contributed by atoms with van der Waals surface area (Å²) in [5.74, 6) is 0. The van der Waals surface area contributed by atoms with Crippen molar-refractivity contribution in [1.82, 2.24) is 4.90 Å². The highest BCUT2D eigenvalue weighted by Crippen LogP contribution is 2.29. The summed E-state index contributed by atoms with van der Waals surface area (Å²) < 4.78 is 17.5.